The van der Waals surface area contributed by atoms with Crippen LogP contribution in [0.4, 0.5) is 0 Å². The van der Waals surface area contributed by atoms with Crippen LogP contribution in [0, 0.1) is 17.8 Å². The second kappa shape index (κ2) is 31.9. The fourth-order valence-electron chi connectivity index (χ4n) is 10.6. The van der Waals surface area contributed by atoms with Crippen molar-refractivity contribution in [1.82, 2.24) is 36.4 Å². The van der Waals surface area contributed by atoms with Crippen molar-refractivity contribution in [1.29, 1.82) is 0 Å². The fraction of sp³-hybridized carbons (Fsp3) is 0.736. The lowest BCUT2D eigenvalue weighted by molar-refractivity contribution is -0.149. The standard InChI is InChI=1S/C53H86N8O21S/c1-6-26(2)19-27(3)15-13-11-9-7-8-10-12-14-16-39(68)55-32-22-36(66)49(74)59-51(76)43-44(69)28(4)24-61(43)53(78)41(35(65)23-38(54)67)57-50(75)42(46(71)45(70)30-17-18-34(64)37(20-30)82-83(79,80)81)58-48(73)33-21-31(63)25-60(33)52(77)40(29(5)62)56-47(32)72/h17-18,20,26-29,31-33,35-36,40-46,49,62-66,69-71,74H,6-16,19,21-25H2,1-5H3,(H2,54,67)(H,55,68)(H,56,72)(H,57,75)(H,58,73)(H,59,76)(H,79,80,81)/t26?,27?,28-,29+,31+,32-,33-,35+,36+,40-,41-,42-,43-,44-,45-,46-,49+/m0/s1. The molecular weight excluding hydrogens is 1120 g/mol. The lowest BCUT2D eigenvalue weighted by Crippen LogP contribution is -2.64. The van der Waals surface area contributed by atoms with Gasteiger partial charge in [-0.05, 0) is 49.3 Å². The van der Waals surface area contributed by atoms with Crippen LogP contribution in [0.5, 0.6) is 11.5 Å². The van der Waals surface area contributed by atoms with E-state index in [1.54, 1.807) is 0 Å². The summed E-state index contributed by atoms with van der Waals surface area (Å²) in [5, 5.41) is 112. The van der Waals surface area contributed by atoms with Gasteiger partial charge < -0.3 is 92.3 Å². The van der Waals surface area contributed by atoms with Crippen molar-refractivity contribution in [2.24, 2.45) is 23.5 Å². The molecule has 30 heteroatoms. The van der Waals surface area contributed by atoms with Crippen LogP contribution in [0.2, 0.25) is 0 Å². The molecule has 0 bridgehead atoms. The molecule has 470 valence electrons. The Morgan fingerprint density at radius 3 is 1.95 bits per heavy atom. The molecule has 0 aromatic heterocycles. The van der Waals surface area contributed by atoms with Crippen LogP contribution in [0.15, 0.2) is 18.2 Å². The summed E-state index contributed by atoms with van der Waals surface area (Å²) in [7, 11) is -5.33. The van der Waals surface area contributed by atoms with E-state index in [4.69, 9.17) is 5.73 Å². The first-order chi connectivity index (χ1) is 38.8. The van der Waals surface area contributed by atoms with E-state index in [0.29, 0.717) is 40.5 Å². The SMILES string of the molecule is CCC(C)CC(C)CCCCCCCCCCC(=O)N[C@H]1C[C@@H](O)[C@@H](O)NC(=O)[C@@H]2[C@@H](O)[C@@H](C)CN2C(=O)[C@H]([C@H](O)CC(N)=O)NC(=O)[C@H]([C@H](O)[C@@H](O)c2ccc(O)c(OS(=O)(=O)O)c2)NC(=O)[C@@H]2C[C@@H](O)CN2C(=O)[C@H]([C@@H](C)O)NC1=O. The van der Waals surface area contributed by atoms with E-state index < -0.39 is 198 Å². The summed E-state index contributed by atoms with van der Waals surface area (Å²) in [6.07, 6.45) is -9.07. The number of phenolic OH excluding ortho intramolecular Hbond substituents is 1. The summed E-state index contributed by atoms with van der Waals surface area (Å²) in [4.78, 5) is 113. The number of aliphatic hydroxyl groups is 8. The van der Waals surface area contributed by atoms with Crippen LogP contribution in [-0.2, 0) is 48.8 Å². The van der Waals surface area contributed by atoms with Gasteiger partial charge in [-0.25, -0.2) is 0 Å². The molecule has 83 heavy (non-hydrogen) atoms. The molecule has 4 rings (SSSR count). The number of hydrogen-bond donors (Lipinski definition) is 16. The lowest BCUT2D eigenvalue weighted by atomic mass is 9.91. The Hall–Kier alpha value is -5.83. The molecule has 3 aliphatic heterocycles. The maximum atomic E-state index is 14.6. The minimum atomic E-state index is -5.33. The molecule has 8 amide bonds. The van der Waals surface area contributed by atoms with Gasteiger partial charge in [-0.2, -0.15) is 8.42 Å². The van der Waals surface area contributed by atoms with Gasteiger partial charge in [0.2, 0.25) is 47.3 Å². The van der Waals surface area contributed by atoms with Crippen LogP contribution in [0.25, 0.3) is 0 Å². The van der Waals surface area contributed by atoms with Crippen LogP contribution in [-0.4, -0.2) is 208 Å². The molecule has 0 radical (unpaired) electrons. The number of phenols is 1. The number of primary amides is 1. The second-order valence-corrected chi connectivity index (χ2v) is 23.5. The predicted octanol–water partition coefficient (Wildman–Crippen LogP) is -3.13. The number of carbonyl (C=O) groups excluding carboxylic acids is 8. The number of nitrogens with zero attached hydrogens (tertiary/aromatic N) is 2. The molecule has 0 aliphatic carbocycles. The molecule has 3 aliphatic rings. The van der Waals surface area contributed by atoms with Crippen molar-refractivity contribution in [2.45, 2.75) is 216 Å². The summed E-state index contributed by atoms with van der Waals surface area (Å²) in [6, 6.07) is -10.5. The van der Waals surface area contributed by atoms with Gasteiger partial charge in [-0.3, -0.25) is 42.9 Å². The fourth-order valence-corrected chi connectivity index (χ4v) is 10.9. The van der Waals surface area contributed by atoms with Gasteiger partial charge in [-0.1, -0.05) is 91.5 Å². The van der Waals surface area contributed by atoms with Crippen molar-refractivity contribution in [3.05, 3.63) is 23.8 Å². The average Bonchev–Trinajstić information content (AvgIpc) is 3.57. The van der Waals surface area contributed by atoms with E-state index >= 15 is 0 Å². The minimum Gasteiger partial charge on any atom is -0.504 e. The molecule has 0 saturated carbocycles. The molecule has 0 spiro atoms. The number of aliphatic hydroxyl groups excluding tert-OH is 8. The zero-order valence-electron chi connectivity index (χ0n) is 47.4. The average molecular weight is 1200 g/mol. The molecule has 1 aromatic carbocycles. The Morgan fingerprint density at radius 1 is 0.759 bits per heavy atom. The third-order valence-electron chi connectivity index (χ3n) is 15.5. The highest BCUT2D eigenvalue weighted by Gasteiger charge is 2.51. The molecule has 3 saturated heterocycles. The summed E-state index contributed by atoms with van der Waals surface area (Å²) < 4.78 is 36.6. The van der Waals surface area contributed by atoms with E-state index in [9.17, 15) is 97.3 Å². The topological polar surface area (TPSA) is 475 Å². The van der Waals surface area contributed by atoms with Crippen molar-refractivity contribution < 1.29 is 101 Å². The van der Waals surface area contributed by atoms with Gasteiger partial charge in [0.15, 0.2) is 17.7 Å². The third-order valence-corrected chi connectivity index (χ3v) is 15.8. The van der Waals surface area contributed by atoms with Gasteiger partial charge in [0.1, 0.15) is 54.6 Å². The molecule has 29 nitrogen and oxygen atoms in total. The molecule has 17 atom stereocenters. The maximum Gasteiger partial charge on any atom is 0.446 e. The number of fused-ring (bicyclic) bond motifs is 2. The molecule has 3 fully saturated rings. The number of hydrogen-bond acceptors (Lipinski definition) is 20. The maximum absolute atomic E-state index is 14.6. The Balaban J connectivity index is 1.71. The largest absolute Gasteiger partial charge is 0.504 e. The van der Waals surface area contributed by atoms with Crippen molar-refractivity contribution in [3.8, 4) is 11.5 Å². The number of benzene rings is 1. The van der Waals surface area contributed by atoms with Crippen molar-refractivity contribution in [2.75, 3.05) is 13.1 Å². The van der Waals surface area contributed by atoms with Crippen molar-refractivity contribution in [3.63, 3.8) is 0 Å². The Kier molecular flexibility index (Phi) is 26.8. The molecule has 1 aromatic rings. The van der Waals surface area contributed by atoms with Gasteiger partial charge in [0, 0.05) is 38.3 Å². The first-order valence-corrected chi connectivity index (χ1v) is 29.6. The summed E-state index contributed by atoms with van der Waals surface area (Å²) in [5.41, 5.74) is 4.76. The Morgan fingerprint density at radius 2 is 1.35 bits per heavy atom. The van der Waals surface area contributed by atoms with Gasteiger partial charge in [0.05, 0.1) is 30.8 Å². The number of nitrogens with two attached hydrogens (primary N) is 1. The first kappa shape index (κ1) is 69.7. The predicted molar refractivity (Wildman–Crippen MR) is 291 cm³/mol. The minimum absolute atomic E-state index is 0.117. The van der Waals surface area contributed by atoms with Gasteiger partial charge >= 0.3 is 10.4 Å². The van der Waals surface area contributed by atoms with Gasteiger partial charge in [0.25, 0.3) is 0 Å². The number of nitrogens with one attached hydrogen (secondary N) is 5. The Bertz CT molecular complexity index is 2510. The quantitative estimate of drug-likeness (QED) is 0.0359. The number of rotatable bonds is 24. The number of aromatic hydroxyl groups is 1. The van der Waals surface area contributed by atoms with E-state index in [0.717, 1.165) is 64.0 Å². The number of amides is 8. The smallest absolute Gasteiger partial charge is 0.446 e. The number of unbranched alkanes of at least 4 members (excludes halogenated alkanes) is 7. The monoisotopic (exact) mass is 1200 g/mol. The zero-order chi connectivity index (χ0) is 62.2. The highest BCUT2D eigenvalue weighted by Crippen LogP contribution is 2.33. The lowest BCUT2D eigenvalue weighted by Gasteiger charge is -2.34. The van der Waals surface area contributed by atoms with Crippen LogP contribution >= 0.6 is 0 Å². The first-order valence-electron chi connectivity index (χ1n) is 28.2. The highest BCUT2D eigenvalue weighted by atomic mass is 32.3. The molecular formula is C53H86N8O21S. The molecule has 2 unspecified atom stereocenters. The molecule has 3 heterocycles. The summed E-state index contributed by atoms with van der Waals surface area (Å²) in [5.74, 6) is -11.9. The number of carbonyl (C=O) groups is 8. The van der Waals surface area contributed by atoms with E-state index in [-0.39, 0.29) is 6.42 Å². The van der Waals surface area contributed by atoms with E-state index in [2.05, 4.69) is 40.9 Å². The van der Waals surface area contributed by atoms with E-state index in [1.807, 2.05) is 10.6 Å². The normalized spacial score (nSPS) is 28.4. The third kappa shape index (κ3) is 20.4. The summed E-state index contributed by atoms with van der Waals surface area (Å²) >= 11 is 0. The van der Waals surface area contributed by atoms with E-state index in [1.165, 1.54) is 19.8 Å². The molecule has 17 N–H and O–H groups in total. The zero-order valence-corrected chi connectivity index (χ0v) is 48.2. The van der Waals surface area contributed by atoms with Gasteiger partial charge in [-0.15, -0.1) is 0 Å². The van der Waals surface area contributed by atoms with Crippen LogP contribution in [0.3, 0.4) is 0 Å². The second-order valence-electron chi connectivity index (χ2n) is 22.5. The van der Waals surface area contributed by atoms with Crippen LogP contribution in [0.1, 0.15) is 143 Å². The van der Waals surface area contributed by atoms with Crippen molar-refractivity contribution >= 4 is 57.7 Å². The van der Waals surface area contributed by atoms with Crippen LogP contribution < -0.4 is 36.5 Å². The Labute approximate surface area is 482 Å². The highest BCUT2D eigenvalue weighted by molar-refractivity contribution is 7.81. The summed E-state index contributed by atoms with van der Waals surface area (Å²) in [6.45, 7) is 7.97.